The maximum absolute atomic E-state index is 5.38. The zero-order chi connectivity index (χ0) is 14.8. The Morgan fingerprint density at radius 1 is 1.22 bits per heavy atom. The summed E-state index contributed by atoms with van der Waals surface area (Å²) in [7, 11) is 0. The van der Waals surface area contributed by atoms with Crippen molar-refractivity contribution < 1.29 is 4.52 Å². The van der Waals surface area contributed by atoms with Crippen molar-refractivity contribution in [3.63, 3.8) is 0 Å². The third-order valence-electron chi connectivity index (χ3n) is 4.60. The van der Waals surface area contributed by atoms with Crippen molar-refractivity contribution in [2.75, 3.05) is 19.6 Å². The average Bonchev–Trinajstić information content (AvgIpc) is 2.96. The van der Waals surface area contributed by atoms with Gasteiger partial charge in [-0.1, -0.05) is 29.8 Å². The van der Waals surface area contributed by atoms with Crippen LogP contribution in [0, 0.1) is 0 Å². The van der Waals surface area contributed by atoms with Crippen LogP contribution in [-0.2, 0) is 6.54 Å². The number of likely N-dealkylation sites (tertiary alicyclic amines) is 1. The second kappa shape index (κ2) is 7.43. The molecule has 1 N–H and O–H groups in total. The standard InChI is InChI=1S/C17H22N4O.ClH/c1-2-9-21(10-3-1)12-13-5-4-6-14(11-13)16-19-17(22-20-16)15-7-8-18-15;/h4-6,11,15,18H,1-3,7-10,12H2;1H/t15-;/m1./s1. The average molecular weight is 335 g/mol. The molecule has 2 saturated heterocycles. The van der Waals surface area contributed by atoms with Gasteiger partial charge >= 0.3 is 0 Å². The predicted octanol–water partition coefficient (Wildman–Crippen LogP) is 3.18. The molecular formula is C17H23ClN4O. The molecule has 2 aliphatic heterocycles. The summed E-state index contributed by atoms with van der Waals surface area (Å²) in [5.74, 6) is 1.41. The quantitative estimate of drug-likeness (QED) is 0.930. The summed E-state index contributed by atoms with van der Waals surface area (Å²) in [5, 5.41) is 7.43. The number of hydrogen-bond acceptors (Lipinski definition) is 5. The fourth-order valence-electron chi connectivity index (χ4n) is 3.18. The predicted molar refractivity (Wildman–Crippen MR) is 91.5 cm³/mol. The molecule has 124 valence electrons. The summed E-state index contributed by atoms with van der Waals surface area (Å²) in [6, 6.07) is 8.77. The van der Waals surface area contributed by atoms with Crippen LogP contribution in [-0.4, -0.2) is 34.7 Å². The lowest BCUT2D eigenvalue weighted by Gasteiger charge is -2.26. The van der Waals surface area contributed by atoms with E-state index in [-0.39, 0.29) is 18.4 Å². The van der Waals surface area contributed by atoms with E-state index < -0.39 is 0 Å². The van der Waals surface area contributed by atoms with Crippen molar-refractivity contribution in [2.24, 2.45) is 0 Å². The minimum atomic E-state index is 0. The number of benzene rings is 1. The zero-order valence-electron chi connectivity index (χ0n) is 13.2. The normalized spacial score (nSPS) is 21.5. The van der Waals surface area contributed by atoms with Crippen molar-refractivity contribution >= 4 is 12.4 Å². The van der Waals surface area contributed by atoms with Gasteiger partial charge in [-0.05, 0) is 50.5 Å². The lowest BCUT2D eigenvalue weighted by molar-refractivity contribution is 0.221. The molecule has 0 aliphatic carbocycles. The Kier molecular flexibility index (Phi) is 5.30. The van der Waals surface area contributed by atoms with Crippen LogP contribution in [0.15, 0.2) is 28.8 Å². The van der Waals surface area contributed by atoms with Gasteiger partial charge in [-0.25, -0.2) is 0 Å². The second-order valence-electron chi connectivity index (χ2n) is 6.29. The van der Waals surface area contributed by atoms with Gasteiger partial charge in [-0.3, -0.25) is 4.90 Å². The van der Waals surface area contributed by atoms with Crippen LogP contribution in [0.5, 0.6) is 0 Å². The largest absolute Gasteiger partial charge is 0.337 e. The van der Waals surface area contributed by atoms with Crippen LogP contribution < -0.4 is 5.32 Å². The van der Waals surface area contributed by atoms with Crippen LogP contribution in [0.3, 0.4) is 0 Å². The number of rotatable bonds is 4. The molecule has 0 bridgehead atoms. The number of piperidine rings is 1. The topological polar surface area (TPSA) is 54.2 Å². The molecule has 1 atom stereocenters. The Labute approximate surface area is 142 Å². The Balaban J connectivity index is 0.00000156. The maximum Gasteiger partial charge on any atom is 0.244 e. The van der Waals surface area contributed by atoms with E-state index in [1.54, 1.807) is 0 Å². The van der Waals surface area contributed by atoms with Crippen molar-refractivity contribution in [1.82, 2.24) is 20.4 Å². The smallest absolute Gasteiger partial charge is 0.244 e. The van der Waals surface area contributed by atoms with Gasteiger partial charge in [0.15, 0.2) is 0 Å². The minimum absolute atomic E-state index is 0. The first-order chi connectivity index (χ1) is 10.9. The van der Waals surface area contributed by atoms with E-state index in [1.807, 2.05) is 0 Å². The maximum atomic E-state index is 5.38. The summed E-state index contributed by atoms with van der Waals surface area (Å²) in [5.41, 5.74) is 2.37. The highest BCUT2D eigenvalue weighted by molar-refractivity contribution is 5.85. The lowest BCUT2D eigenvalue weighted by Crippen LogP contribution is -2.35. The van der Waals surface area contributed by atoms with Crippen LogP contribution >= 0.6 is 12.4 Å². The minimum Gasteiger partial charge on any atom is -0.337 e. The van der Waals surface area contributed by atoms with Gasteiger partial charge in [-0.15, -0.1) is 12.4 Å². The number of aromatic nitrogens is 2. The molecule has 1 aromatic carbocycles. The highest BCUT2D eigenvalue weighted by Gasteiger charge is 2.24. The SMILES string of the molecule is Cl.c1cc(CN2CCCCC2)cc(-c2noc([C@H]3CCN3)n2)c1. The third-order valence-corrected chi connectivity index (χ3v) is 4.60. The number of nitrogens with one attached hydrogen (secondary N) is 1. The monoisotopic (exact) mass is 334 g/mol. The Bertz CT molecular complexity index is 635. The highest BCUT2D eigenvalue weighted by atomic mass is 35.5. The first-order valence-corrected chi connectivity index (χ1v) is 8.27. The number of hydrogen-bond donors (Lipinski definition) is 1. The van der Waals surface area contributed by atoms with E-state index in [2.05, 4.69) is 44.6 Å². The molecule has 4 rings (SSSR count). The van der Waals surface area contributed by atoms with E-state index in [9.17, 15) is 0 Å². The molecule has 6 heteroatoms. The van der Waals surface area contributed by atoms with Gasteiger partial charge in [0.25, 0.3) is 0 Å². The van der Waals surface area contributed by atoms with Crippen molar-refractivity contribution in [1.29, 1.82) is 0 Å². The molecule has 0 spiro atoms. The van der Waals surface area contributed by atoms with E-state index in [0.29, 0.717) is 11.7 Å². The summed E-state index contributed by atoms with van der Waals surface area (Å²) >= 11 is 0. The first-order valence-electron chi connectivity index (χ1n) is 8.27. The third kappa shape index (κ3) is 3.74. The summed E-state index contributed by atoms with van der Waals surface area (Å²) in [4.78, 5) is 7.07. The summed E-state index contributed by atoms with van der Waals surface area (Å²) < 4.78 is 5.38. The molecule has 0 unspecified atom stereocenters. The van der Waals surface area contributed by atoms with E-state index in [1.165, 1.54) is 37.9 Å². The van der Waals surface area contributed by atoms with Gasteiger partial charge in [0.1, 0.15) is 0 Å². The molecule has 3 heterocycles. The molecule has 1 aromatic heterocycles. The van der Waals surface area contributed by atoms with Gasteiger partial charge in [0, 0.05) is 12.1 Å². The van der Waals surface area contributed by atoms with Crippen LogP contribution in [0.25, 0.3) is 11.4 Å². The van der Waals surface area contributed by atoms with Crippen molar-refractivity contribution in [3.05, 3.63) is 35.7 Å². The van der Waals surface area contributed by atoms with Crippen LogP contribution in [0.1, 0.15) is 43.2 Å². The number of halogens is 1. The second-order valence-corrected chi connectivity index (χ2v) is 6.29. The number of nitrogens with zero attached hydrogens (tertiary/aromatic N) is 3. The van der Waals surface area contributed by atoms with E-state index in [4.69, 9.17) is 4.52 Å². The molecule has 0 radical (unpaired) electrons. The molecule has 2 aromatic rings. The van der Waals surface area contributed by atoms with Gasteiger partial charge in [0.05, 0.1) is 6.04 Å². The molecule has 0 amide bonds. The van der Waals surface area contributed by atoms with Crippen molar-refractivity contribution in [2.45, 2.75) is 38.3 Å². The van der Waals surface area contributed by atoms with E-state index in [0.717, 1.165) is 25.1 Å². The van der Waals surface area contributed by atoms with E-state index >= 15 is 0 Å². The Morgan fingerprint density at radius 3 is 2.78 bits per heavy atom. The first kappa shape index (κ1) is 16.4. The fraction of sp³-hybridized carbons (Fsp3) is 0.529. The molecule has 2 aliphatic rings. The molecule has 5 nitrogen and oxygen atoms in total. The van der Waals surface area contributed by atoms with Gasteiger partial charge in [-0.2, -0.15) is 4.98 Å². The van der Waals surface area contributed by atoms with Crippen molar-refractivity contribution in [3.8, 4) is 11.4 Å². The highest BCUT2D eigenvalue weighted by Crippen LogP contribution is 2.25. The Morgan fingerprint density at radius 2 is 2.04 bits per heavy atom. The summed E-state index contributed by atoms with van der Waals surface area (Å²) in [6.45, 7) is 4.48. The molecule has 23 heavy (non-hydrogen) atoms. The Hall–Kier alpha value is -1.43. The van der Waals surface area contributed by atoms with Crippen LogP contribution in [0.2, 0.25) is 0 Å². The molecular weight excluding hydrogens is 312 g/mol. The van der Waals surface area contributed by atoms with Gasteiger partial charge in [0.2, 0.25) is 11.7 Å². The van der Waals surface area contributed by atoms with Gasteiger partial charge < -0.3 is 9.84 Å². The lowest BCUT2D eigenvalue weighted by atomic mass is 10.1. The fourth-order valence-corrected chi connectivity index (χ4v) is 3.18. The zero-order valence-corrected chi connectivity index (χ0v) is 14.0. The summed E-state index contributed by atoms with van der Waals surface area (Å²) in [6.07, 6.45) is 5.10. The van der Waals surface area contributed by atoms with Crippen LogP contribution in [0.4, 0.5) is 0 Å². The molecule has 2 fully saturated rings. The molecule has 0 saturated carbocycles.